The average Bonchev–Trinajstić information content (AvgIpc) is 2.38. The highest BCUT2D eigenvalue weighted by atomic mass is 16.5. The second-order valence-corrected chi connectivity index (χ2v) is 4.78. The van der Waals surface area contributed by atoms with Crippen molar-refractivity contribution in [1.82, 2.24) is 5.32 Å². The average molecular weight is 248 g/mol. The Hall–Kier alpha value is -1.55. The van der Waals surface area contributed by atoms with Crippen molar-refractivity contribution in [3.8, 4) is 0 Å². The molecule has 1 fully saturated rings. The molecule has 1 aromatic carbocycles. The summed E-state index contributed by atoms with van der Waals surface area (Å²) in [4.78, 5) is 11.8. The molecule has 1 heterocycles. The fourth-order valence-electron chi connectivity index (χ4n) is 2.16. The van der Waals surface area contributed by atoms with E-state index in [0.717, 1.165) is 38.2 Å². The first-order valence-electron chi connectivity index (χ1n) is 6.43. The lowest BCUT2D eigenvalue weighted by atomic mass is 10.0. The lowest BCUT2D eigenvalue weighted by Gasteiger charge is -2.22. The van der Waals surface area contributed by atoms with Crippen LogP contribution in [0.5, 0.6) is 0 Å². The lowest BCUT2D eigenvalue weighted by molar-refractivity contribution is -0.120. The molecule has 0 spiro atoms. The Morgan fingerprint density at radius 3 is 2.89 bits per heavy atom. The molecule has 0 atom stereocenters. The smallest absolute Gasteiger partial charge is 0.224 e. The maximum absolute atomic E-state index is 11.8. The molecule has 0 radical (unpaired) electrons. The van der Waals surface area contributed by atoms with Gasteiger partial charge in [0.1, 0.15) is 0 Å². The van der Waals surface area contributed by atoms with Crippen molar-refractivity contribution in [2.75, 3.05) is 25.5 Å². The summed E-state index contributed by atoms with van der Waals surface area (Å²) in [6, 6.07) is 7.46. The minimum absolute atomic E-state index is 0.0621. The Kier molecular flexibility index (Phi) is 4.59. The minimum atomic E-state index is 0.0621. The van der Waals surface area contributed by atoms with Gasteiger partial charge in [-0.3, -0.25) is 4.79 Å². The van der Waals surface area contributed by atoms with Gasteiger partial charge < -0.3 is 15.8 Å². The number of nitrogen functional groups attached to an aromatic ring is 1. The van der Waals surface area contributed by atoms with Crippen LogP contribution < -0.4 is 11.1 Å². The topological polar surface area (TPSA) is 64.4 Å². The van der Waals surface area contributed by atoms with Crippen molar-refractivity contribution in [3.05, 3.63) is 29.8 Å². The van der Waals surface area contributed by atoms with Crippen molar-refractivity contribution in [3.63, 3.8) is 0 Å². The third kappa shape index (κ3) is 4.04. The fourth-order valence-corrected chi connectivity index (χ4v) is 2.16. The Morgan fingerprint density at radius 2 is 2.17 bits per heavy atom. The molecule has 18 heavy (non-hydrogen) atoms. The molecule has 0 saturated carbocycles. The third-order valence-corrected chi connectivity index (χ3v) is 3.24. The van der Waals surface area contributed by atoms with Crippen LogP contribution in [0.1, 0.15) is 18.4 Å². The predicted molar refractivity (Wildman–Crippen MR) is 71.1 cm³/mol. The van der Waals surface area contributed by atoms with Crippen molar-refractivity contribution < 1.29 is 9.53 Å². The number of benzene rings is 1. The number of ether oxygens (including phenoxy) is 1. The van der Waals surface area contributed by atoms with Gasteiger partial charge in [0.05, 0.1) is 6.42 Å². The summed E-state index contributed by atoms with van der Waals surface area (Å²) >= 11 is 0. The summed E-state index contributed by atoms with van der Waals surface area (Å²) in [6.07, 6.45) is 2.48. The van der Waals surface area contributed by atoms with E-state index in [9.17, 15) is 4.79 Å². The number of anilines is 1. The molecular weight excluding hydrogens is 228 g/mol. The van der Waals surface area contributed by atoms with Gasteiger partial charge in [-0.25, -0.2) is 0 Å². The van der Waals surface area contributed by atoms with Crippen LogP contribution in [0.2, 0.25) is 0 Å². The number of nitrogens with two attached hydrogens (primary N) is 1. The number of amides is 1. The first kappa shape index (κ1) is 12.9. The van der Waals surface area contributed by atoms with E-state index in [1.54, 1.807) is 0 Å². The molecule has 0 aliphatic carbocycles. The zero-order valence-corrected chi connectivity index (χ0v) is 10.5. The number of hydrogen-bond donors (Lipinski definition) is 2. The van der Waals surface area contributed by atoms with Gasteiger partial charge in [0, 0.05) is 25.4 Å². The van der Waals surface area contributed by atoms with Crippen molar-refractivity contribution in [1.29, 1.82) is 0 Å². The molecule has 2 rings (SSSR count). The zero-order chi connectivity index (χ0) is 12.8. The van der Waals surface area contributed by atoms with E-state index in [-0.39, 0.29) is 5.91 Å². The Bertz CT molecular complexity index is 401. The molecule has 0 bridgehead atoms. The highest BCUT2D eigenvalue weighted by Crippen LogP contribution is 2.13. The molecule has 1 aliphatic heterocycles. The van der Waals surface area contributed by atoms with E-state index < -0.39 is 0 Å². The van der Waals surface area contributed by atoms with E-state index in [4.69, 9.17) is 10.5 Å². The zero-order valence-electron chi connectivity index (χ0n) is 10.5. The first-order chi connectivity index (χ1) is 8.74. The molecule has 0 aromatic heterocycles. The summed E-state index contributed by atoms with van der Waals surface area (Å²) in [6.45, 7) is 2.38. The quantitative estimate of drug-likeness (QED) is 0.791. The van der Waals surface area contributed by atoms with Gasteiger partial charge in [0.2, 0.25) is 5.91 Å². The molecule has 1 aromatic rings. The van der Waals surface area contributed by atoms with Crippen molar-refractivity contribution >= 4 is 11.6 Å². The second kappa shape index (κ2) is 6.40. The molecule has 0 unspecified atom stereocenters. The minimum Gasteiger partial charge on any atom is -0.399 e. The van der Waals surface area contributed by atoms with Gasteiger partial charge in [-0.2, -0.15) is 0 Å². The van der Waals surface area contributed by atoms with Crippen molar-refractivity contribution in [2.24, 2.45) is 5.92 Å². The highest BCUT2D eigenvalue weighted by Gasteiger charge is 2.14. The van der Waals surface area contributed by atoms with E-state index in [1.807, 2.05) is 24.3 Å². The van der Waals surface area contributed by atoms with Crippen LogP contribution in [0, 0.1) is 5.92 Å². The molecule has 98 valence electrons. The van der Waals surface area contributed by atoms with Crippen LogP contribution in [0.15, 0.2) is 24.3 Å². The Balaban J connectivity index is 1.74. The number of rotatable bonds is 4. The van der Waals surface area contributed by atoms with Crippen LogP contribution >= 0.6 is 0 Å². The first-order valence-corrected chi connectivity index (χ1v) is 6.43. The van der Waals surface area contributed by atoms with Crippen LogP contribution in [0.25, 0.3) is 0 Å². The maximum atomic E-state index is 11.8. The van der Waals surface area contributed by atoms with E-state index in [0.29, 0.717) is 18.0 Å². The molecular formula is C14H20N2O2. The molecule has 1 saturated heterocycles. The normalized spacial score (nSPS) is 16.4. The largest absolute Gasteiger partial charge is 0.399 e. The number of carbonyl (C=O) groups is 1. The Morgan fingerprint density at radius 1 is 1.39 bits per heavy atom. The van der Waals surface area contributed by atoms with Crippen LogP contribution in [0.4, 0.5) is 5.69 Å². The van der Waals surface area contributed by atoms with Gasteiger partial charge in [-0.05, 0) is 36.5 Å². The van der Waals surface area contributed by atoms with Gasteiger partial charge in [-0.1, -0.05) is 12.1 Å². The number of hydrogen-bond acceptors (Lipinski definition) is 3. The summed E-state index contributed by atoms with van der Waals surface area (Å²) in [5.41, 5.74) is 7.34. The molecule has 4 nitrogen and oxygen atoms in total. The van der Waals surface area contributed by atoms with E-state index in [2.05, 4.69) is 5.32 Å². The second-order valence-electron chi connectivity index (χ2n) is 4.78. The van der Waals surface area contributed by atoms with E-state index >= 15 is 0 Å². The van der Waals surface area contributed by atoms with Gasteiger partial charge in [0.25, 0.3) is 0 Å². The summed E-state index contributed by atoms with van der Waals surface area (Å²) in [5.74, 6) is 0.621. The fraction of sp³-hybridized carbons (Fsp3) is 0.500. The standard InChI is InChI=1S/C14H20N2O2/c15-13-3-1-2-12(8-13)9-14(17)16-10-11-4-6-18-7-5-11/h1-3,8,11H,4-7,9-10,15H2,(H,16,17). The van der Waals surface area contributed by atoms with Gasteiger partial charge >= 0.3 is 0 Å². The van der Waals surface area contributed by atoms with Gasteiger partial charge in [-0.15, -0.1) is 0 Å². The van der Waals surface area contributed by atoms with Crippen LogP contribution in [-0.4, -0.2) is 25.7 Å². The monoisotopic (exact) mass is 248 g/mol. The predicted octanol–water partition coefficient (Wildman–Crippen LogP) is 1.35. The number of nitrogens with one attached hydrogen (secondary N) is 1. The SMILES string of the molecule is Nc1cccc(CC(=O)NCC2CCOCC2)c1. The summed E-state index contributed by atoms with van der Waals surface area (Å²) in [5, 5.41) is 2.99. The molecule has 4 heteroatoms. The molecule has 1 amide bonds. The van der Waals surface area contributed by atoms with Crippen LogP contribution in [0.3, 0.4) is 0 Å². The Labute approximate surface area is 108 Å². The lowest BCUT2D eigenvalue weighted by Crippen LogP contribution is -2.33. The van der Waals surface area contributed by atoms with E-state index in [1.165, 1.54) is 0 Å². The third-order valence-electron chi connectivity index (χ3n) is 3.24. The summed E-state index contributed by atoms with van der Waals surface area (Å²) in [7, 11) is 0. The molecule has 3 N–H and O–H groups in total. The number of carbonyl (C=O) groups excluding carboxylic acids is 1. The summed E-state index contributed by atoms with van der Waals surface area (Å²) < 4.78 is 5.29. The van der Waals surface area contributed by atoms with Gasteiger partial charge in [0.15, 0.2) is 0 Å². The van der Waals surface area contributed by atoms with Crippen molar-refractivity contribution in [2.45, 2.75) is 19.3 Å². The highest BCUT2D eigenvalue weighted by molar-refractivity contribution is 5.78. The van der Waals surface area contributed by atoms with Crippen LogP contribution in [-0.2, 0) is 16.0 Å². The molecule has 1 aliphatic rings. The maximum Gasteiger partial charge on any atom is 0.224 e.